The third-order valence-corrected chi connectivity index (χ3v) is 6.08. The van der Waals surface area contributed by atoms with Gasteiger partial charge in [0.15, 0.2) is 10.6 Å². The number of nitrogens with zero attached hydrogens (tertiary/aromatic N) is 4. The Labute approximate surface area is 174 Å². The van der Waals surface area contributed by atoms with Gasteiger partial charge in [-0.15, -0.1) is 0 Å². The predicted octanol–water partition coefficient (Wildman–Crippen LogP) is 3.47. The van der Waals surface area contributed by atoms with Crippen LogP contribution in [0.15, 0.2) is 39.7 Å². The van der Waals surface area contributed by atoms with Crippen molar-refractivity contribution in [2.24, 2.45) is 0 Å². The molecule has 144 valence electrons. The van der Waals surface area contributed by atoms with Crippen LogP contribution in [0.1, 0.15) is 19.4 Å². The van der Waals surface area contributed by atoms with Crippen molar-refractivity contribution in [1.29, 1.82) is 0 Å². The van der Waals surface area contributed by atoms with Crippen LogP contribution in [0.4, 0.5) is 5.69 Å². The number of anilines is 1. The second-order valence-electron chi connectivity index (χ2n) is 6.24. The van der Waals surface area contributed by atoms with E-state index in [1.807, 2.05) is 24.3 Å². The van der Waals surface area contributed by atoms with Gasteiger partial charge in [0.1, 0.15) is 11.3 Å². The van der Waals surface area contributed by atoms with Crippen molar-refractivity contribution in [2.45, 2.75) is 13.8 Å². The number of halogens is 1. The summed E-state index contributed by atoms with van der Waals surface area (Å²) in [5, 5.41) is 0. The summed E-state index contributed by atoms with van der Waals surface area (Å²) in [5.74, 6) is 0.738. The summed E-state index contributed by atoms with van der Waals surface area (Å²) in [6.07, 6.45) is 3.53. The predicted molar refractivity (Wildman–Crippen MR) is 118 cm³/mol. The van der Waals surface area contributed by atoms with Gasteiger partial charge in [-0.25, -0.2) is 14.4 Å². The molecule has 1 aromatic carbocycles. The SMILES string of the molecule is CCN(CC)c1ccc(/C=c2\sc3nc4cc(Br)cnc4n3c2=O)c(OC)c1. The molecule has 0 spiro atoms. The van der Waals surface area contributed by atoms with E-state index in [-0.39, 0.29) is 5.56 Å². The highest BCUT2D eigenvalue weighted by Gasteiger charge is 2.13. The average Bonchev–Trinajstić information content (AvgIpc) is 3.19. The minimum atomic E-state index is -0.118. The molecule has 0 fully saturated rings. The van der Waals surface area contributed by atoms with E-state index < -0.39 is 0 Å². The number of fused-ring (bicyclic) bond motifs is 3. The quantitative estimate of drug-likeness (QED) is 0.458. The fourth-order valence-corrected chi connectivity index (χ4v) is 4.55. The topological polar surface area (TPSA) is 59.7 Å². The molecule has 0 unspecified atom stereocenters. The van der Waals surface area contributed by atoms with Crippen LogP contribution < -0.4 is 19.7 Å². The number of rotatable bonds is 5. The first-order chi connectivity index (χ1) is 13.5. The minimum absolute atomic E-state index is 0.118. The molecule has 4 aromatic rings. The Kier molecular flexibility index (Phi) is 5.07. The van der Waals surface area contributed by atoms with E-state index in [1.54, 1.807) is 17.7 Å². The van der Waals surface area contributed by atoms with Gasteiger partial charge in [0.2, 0.25) is 0 Å². The number of methoxy groups -OCH3 is 1. The molecular weight excluding hydrogens is 440 g/mol. The Morgan fingerprint density at radius 3 is 2.79 bits per heavy atom. The van der Waals surface area contributed by atoms with Crippen molar-refractivity contribution < 1.29 is 4.74 Å². The third kappa shape index (κ3) is 3.16. The lowest BCUT2D eigenvalue weighted by Gasteiger charge is -2.22. The molecule has 0 amide bonds. The van der Waals surface area contributed by atoms with Crippen LogP contribution in [0.3, 0.4) is 0 Å². The third-order valence-electron chi connectivity index (χ3n) is 4.68. The molecule has 0 bridgehead atoms. The zero-order chi connectivity index (χ0) is 19.8. The average molecular weight is 459 g/mol. The standard InChI is InChI=1S/C20H19BrN4O2S/c1-4-24(5-2)14-7-6-12(16(10-14)27-3)8-17-19(26)25-18-15(23-20(25)28-17)9-13(21)11-22-18/h6-11H,4-5H2,1-3H3/b17-8-. The summed E-state index contributed by atoms with van der Waals surface area (Å²) in [7, 11) is 1.65. The summed E-state index contributed by atoms with van der Waals surface area (Å²) in [4.78, 5) is 24.7. The molecule has 0 aliphatic rings. The number of hydrogen-bond donors (Lipinski definition) is 0. The van der Waals surface area contributed by atoms with Crippen LogP contribution in [0.5, 0.6) is 5.75 Å². The summed E-state index contributed by atoms with van der Waals surface area (Å²) in [6.45, 7) is 6.09. The normalized spacial score (nSPS) is 12.2. The lowest BCUT2D eigenvalue weighted by Crippen LogP contribution is -2.23. The summed E-state index contributed by atoms with van der Waals surface area (Å²) in [5.41, 5.74) is 3.11. The molecule has 3 aromatic heterocycles. The Morgan fingerprint density at radius 2 is 2.07 bits per heavy atom. The van der Waals surface area contributed by atoms with Crippen LogP contribution in [0.2, 0.25) is 0 Å². The van der Waals surface area contributed by atoms with Crippen molar-refractivity contribution in [1.82, 2.24) is 14.4 Å². The van der Waals surface area contributed by atoms with E-state index in [0.717, 1.165) is 34.6 Å². The van der Waals surface area contributed by atoms with Gasteiger partial charge in [0.05, 0.1) is 11.6 Å². The van der Waals surface area contributed by atoms with Crippen molar-refractivity contribution in [3.05, 3.63) is 55.4 Å². The van der Waals surface area contributed by atoms with Crippen molar-refractivity contribution >= 4 is 55.2 Å². The lowest BCUT2D eigenvalue weighted by atomic mass is 10.1. The van der Waals surface area contributed by atoms with E-state index in [2.05, 4.69) is 50.7 Å². The van der Waals surface area contributed by atoms with Gasteiger partial charge < -0.3 is 9.64 Å². The minimum Gasteiger partial charge on any atom is -0.496 e. The first kappa shape index (κ1) is 18.9. The van der Waals surface area contributed by atoms with Crippen LogP contribution in [0.25, 0.3) is 22.2 Å². The number of thiazole rings is 1. The van der Waals surface area contributed by atoms with Crippen LogP contribution in [0, 0.1) is 0 Å². The van der Waals surface area contributed by atoms with Gasteiger partial charge in [0.25, 0.3) is 5.56 Å². The molecule has 0 radical (unpaired) electrons. The van der Waals surface area contributed by atoms with Crippen molar-refractivity contribution in [3.8, 4) is 5.75 Å². The smallest absolute Gasteiger partial charge is 0.276 e. The van der Waals surface area contributed by atoms with Crippen LogP contribution in [-0.2, 0) is 0 Å². The summed E-state index contributed by atoms with van der Waals surface area (Å²) < 4.78 is 8.58. The van der Waals surface area contributed by atoms with Crippen molar-refractivity contribution in [2.75, 3.05) is 25.1 Å². The van der Waals surface area contributed by atoms with Crippen LogP contribution in [-0.4, -0.2) is 34.6 Å². The zero-order valence-corrected chi connectivity index (χ0v) is 18.2. The highest BCUT2D eigenvalue weighted by atomic mass is 79.9. The molecule has 6 nitrogen and oxygen atoms in total. The van der Waals surface area contributed by atoms with Gasteiger partial charge in [-0.2, -0.15) is 0 Å². The van der Waals surface area contributed by atoms with E-state index in [9.17, 15) is 4.79 Å². The van der Waals surface area contributed by atoms with E-state index in [1.165, 1.54) is 11.3 Å². The number of hydrogen-bond acceptors (Lipinski definition) is 6. The maximum Gasteiger partial charge on any atom is 0.276 e. The first-order valence-electron chi connectivity index (χ1n) is 8.97. The Morgan fingerprint density at radius 1 is 1.29 bits per heavy atom. The number of imidazole rings is 1. The lowest BCUT2D eigenvalue weighted by molar-refractivity contribution is 0.414. The second kappa shape index (κ2) is 7.52. The zero-order valence-electron chi connectivity index (χ0n) is 15.8. The highest BCUT2D eigenvalue weighted by molar-refractivity contribution is 9.10. The van der Waals surface area contributed by atoms with E-state index in [4.69, 9.17) is 4.74 Å². The largest absolute Gasteiger partial charge is 0.496 e. The molecule has 0 N–H and O–H groups in total. The van der Waals surface area contributed by atoms with Gasteiger partial charge in [0, 0.05) is 41.1 Å². The Hall–Kier alpha value is -2.45. The van der Waals surface area contributed by atoms with Gasteiger partial charge >= 0.3 is 0 Å². The maximum absolute atomic E-state index is 13.0. The molecule has 4 rings (SSSR count). The molecule has 0 atom stereocenters. The number of aromatic nitrogens is 3. The number of pyridine rings is 1. The molecule has 0 saturated heterocycles. The van der Waals surface area contributed by atoms with Gasteiger partial charge in [-0.1, -0.05) is 11.3 Å². The molecule has 28 heavy (non-hydrogen) atoms. The number of ether oxygens (including phenoxy) is 1. The number of benzene rings is 1. The monoisotopic (exact) mass is 458 g/mol. The van der Waals surface area contributed by atoms with E-state index >= 15 is 0 Å². The fraction of sp³-hybridized carbons (Fsp3) is 0.250. The molecule has 0 aliphatic carbocycles. The van der Waals surface area contributed by atoms with Crippen molar-refractivity contribution in [3.63, 3.8) is 0 Å². The fourth-order valence-electron chi connectivity index (χ4n) is 3.26. The van der Waals surface area contributed by atoms with Gasteiger partial charge in [-0.05, 0) is 54.1 Å². The first-order valence-corrected chi connectivity index (χ1v) is 10.6. The summed E-state index contributed by atoms with van der Waals surface area (Å²) in [6, 6.07) is 7.91. The molecule has 8 heteroatoms. The maximum atomic E-state index is 13.0. The Balaban J connectivity index is 1.86. The molecular formula is C20H19BrN4O2S. The van der Waals surface area contributed by atoms with Crippen LogP contribution >= 0.6 is 27.3 Å². The summed E-state index contributed by atoms with van der Waals surface area (Å²) >= 11 is 4.74. The van der Waals surface area contributed by atoms with Gasteiger partial charge in [-0.3, -0.25) is 4.79 Å². The second-order valence-corrected chi connectivity index (χ2v) is 8.17. The molecule has 3 heterocycles. The Bertz CT molecular complexity index is 1280. The highest BCUT2D eigenvalue weighted by Crippen LogP contribution is 2.26. The van der Waals surface area contributed by atoms with E-state index in [0.29, 0.717) is 20.7 Å². The molecule has 0 aliphatic heterocycles. The molecule has 0 saturated carbocycles.